The van der Waals surface area contributed by atoms with Gasteiger partial charge >= 0.3 is 0 Å². The minimum Gasteiger partial charge on any atom is -0.365 e. The van der Waals surface area contributed by atoms with Crippen LogP contribution in [-0.4, -0.2) is 26.3 Å². The molecule has 2 aliphatic carbocycles. The highest BCUT2D eigenvalue weighted by Gasteiger charge is 2.89. The summed E-state index contributed by atoms with van der Waals surface area (Å²) in [6, 6.07) is 0. The topological polar surface area (TPSA) is 12.5 Å². The Kier molecular flexibility index (Phi) is 1.87. The van der Waals surface area contributed by atoms with E-state index in [9.17, 15) is 0 Å². The van der Waals surface area contributed by atoms with Gasteiger partial charge < -0.3 is 4.74 Å². The summed E-state index contributed by atoms with van der Waals surface area (Å²) in [5.74, 6) is 0. The van der Waals surface area contributed by atoms with Gasteiger partial charge in [0.25, 0.3) is 0 Å². The van der Waals surface area contributed by atoms with Gasteiger partial charge in [0.2, 0.25) is 0 Å². The maximum absolute atomic E-state index is 6.27. The number of hydrogen-bond donors (Lipinski definition) is 0. The van der Waals surface area contributed by atoms with Crippen molar-refractivity contribution >= 4 is 69.6 Å². The molecular weight excluding hydrogens is 313 g/mol. The van der Waals surface area contributed by atoms with E-state index < -0.39 is 14.1 Å². The van der Waals surface area contributed by atoms with E-state index in [1.807, 2.05) is 0 Å². The van der Waals surface area contributed by atoms with Crippen molar-refractivity contribution in [2.45, 2.75) is 26.3 Å². The van der Waals surface area contributed by atoms with Crippen LogP contribution >= 0.6 is 69.6 Å². The number of hydrogen-bond acceptors (Lipinski definition) is 1. The smallest absolute Gasteiger partial charge is 0.171 e. The second kappa shape index (κ2) is 2.48. The number of fused-ring (bicyclic) bond motifs is 5. The van der Waals surface area contributed by atoms with Gasteiger partial charge in [0, 0.05) is 0 Å². The molecule has 7 heteroatoms. The number of alkyl halides is 4. The maximum Gasteiger partial charge on any atom is 0.171 e. The summed E-state index contributed by atoms with van der Waals surface area (Å²) in [7, 11) is 0. The van der Waals surface area contributed by atoms with Gasteiger partial charge in [0.15, 0.2) is 4.33 Å². The lowest BCUT2D eigenvalue weighted by Gasteiger charge is -2.33. The monoisotopic (exact) mass is 312 g/mol. The molecule has 78 valence electrons. The Balaban J connectivity index is 2.32. The van der Waals surface area contributed by atoms with Crippen molar-refractivity contribution in [3.05, 3.63) is 10.1 Å². The van der Waals surface area contributed by atoms with Crippen LogP contribution in [-0.2, 0) is 4.74 Å². The third kappa shape index (κ3) is 0.728. The fourth-order valence-electron chi connectivity index (χ4n) is 2.18. The molecule has 2 fully saturated rings. The third-order valence-corrected chi connectivity index (χ3v) is 7.24. The van der Waals surface area contributed by atoms with Gasteiger partial charge in [0.05, 0.1) is 10.1 Å². The van der Waals surface area contributed by atoms with Crippen molar-refractivity contribution in [1.29, 1.82) is 0 Å². The lowest BCUT2D eigenvalue weighted by molar-refractivity contribution is 0.283. The van der Waals surface area contributed by atoms with Crippen LogP contribution in [0.2, 0.25) is 0 Å². The van der Waals surface area contributed by atoms with Crippen molar-refractivity contribution in [3.63, 3.8) is 0 Å². The molecule has 1 saturated carbocycles. The molecule has 2 bridgehead atoms. The Hall–Kier alpha value is 1.44. The van der Waals surface area contributed by atoms with E-state index in [1.54, 1.807) is 0 Å². The van der Waals surface area contributed by atoms with E-state index in [1.165, 1.54) is 0 Å². The Morgan fingerprint density at radius 1 is 0.857 bits per heavy atom. The lowest BCUT2D eigenvalue weighted by atomic mass is 10.1. The fourth-order valence-corrected chi connectivity index (χ4v) is 4.95. The van der Waals surface area contributed by atoms with E-state index in [0.29, 0.717) is 0 Å². The second-order valence-electron chi connectivity index (χ2n) is 3.60. The van der Waals surface area contributed by atoms with E-state index in [2.05, 4.69) is 0 Å². The summed E-state index contributed by atoms with van der Waals surface area (Å²) in [6.45, 7) is 0. The summed E-state index contributed by atoms with van der Waals surface area (Å²) in [5, 5.41) is 0.388. The van der Waals surface area contributed by atoms with Crippen LogP contribution in [0.4, 0.5) is 0 Å². The minimum absolute atomic E-state index is 0.194. The van der Waals surface area contributed by atoms with E-state index in [-0.39, 0.29) is 22.3 Å². The van der Waals surface area contributed by atoms with E-state index >= 15 is 0 Å². The van der Waals surface area contributed by atoms with Crippen LogP contribution in [0.25, 0.3) is 0 Å². The highest BCUT2D eigenvalue weighted by molar-refractivity contribution is 6.66. The average Bonchev–Trinajstić information content (AvgIpc) is 2.85. The SMILES string of the molecule is ClC1=C(Cl)C2(Cl)C3OC3C1(Cl)C2(Cl)Cl. The molecule has 3 aliphatic rings. The highest BCUT2D eigenvalue weighted by atomic mass is 35.5. The first-order chi connectivity index (χ1) is 6.29. The highest BCUT2D eigenvalue weighted by Crippen LogP contribution is 2.77. The second-order valence-corrected chi connectivity index (χ2v) is 6.88. The molecule has 1 nitrogen and oxygen atoms in total. The summed E-state index contributed by atoms with van der Waals surface area (Å²) < 4.78 is 3.85. The van der Waals surface area contributed by atoms with Gasteiger partial charge in [-0.2, -0.15) is 0 Å². The zero-order valence-electron chi connectivity index (χ0n) is 6.33. The van der Waals surface area contributed by atoms with Crippen molar-refractivity contribution in [2.24, 2.45) is 0 Å². The predicted molar refractivity (Wildman–Crippen MR) is 59.0 cm³/mol. The molecule has 0 radical (unpaired) electrons. The fraction of sp³-hybridized carbons (Fsp3) is 0.714. The molecule has 0 aromatic rings. The molecule has 14 heavy (non-hydrogen) atoms. The van der Waals surface area contributed by atoms with Gasteiger partial charge in [0.1, 0.15) is 22.0 Å². The van der Waals surface area contributed by atoms with Crippen molar-refractivity contribution < 1.29 is 4.74 Å². The Morgan fingerprint density at radius 2 is 1.21 bits per heavy atom. The van der Waals surface area contributed by atoms with Gasteiger partial charge in [-0.1, -0.05) is 46.4 Å². The molecule has 4 atom stereocenters. The lowest BCUT2D eigenvalue weighted by Crippen LogP contribution is -2.48. The van der Waals surface area contributed by atoms with Gasteiger partial charge in [-0.3, -0.25) is 0 Å². The Bertz CT molecular complexity index is 346. The van der Waals surface area contributed by atoms with Crippen LogP contribution in [0, 0.1) is 0 Å². The zero-order valence-corrected chi connectivity index (χ0v) is 10.9. The summed E-state index contributed by atoms with van der Waals surface area (Å²) in [6.07, 6.45) is -0.682. The summed E-state index contributed by atoms with van der Waals surface area (Å²) >= 11 is 36.8. The number of rotatable bonds is 0. The number of halogens is 6. The van der Waals surface area contributed by atoms with Crippen molar-refractivity contribution in [3.8, 4) is 0 Å². The molecule has 0 amide bonds. The molecule has 1 heterocycles. The van der Waals surface area contributed by atoms with E-state index in [4.69, 9.17) is 74.3 Å². The Labute approximate surface area is 110 Å². The largest absolute Gasteiger partial charge is 0.365 e. The normalized spacial score (nSPS) is 57.9. The van der Waals surface area contributed by atoms with Crippen LogP contribution in [0.1, 0.15) is 0 Å². The van der Waals surface area contributed by atoms with Crippen LogP contribution in [0.15, 0.2) is 10.1 Å². The molecule has 3 rings (SSSR count). The van der Waals surface area contributed by atoms with Crippen molar-refractivity contribution in [1.82, 2.24) is 0 Å². The van der Waals surface area contributed by atoms with Crippen LogP contribution in [0.3, 0.4) is 0 Å². The number of epoxide rings is 1. The quantitative estimate of drug-likeness (QED) is 0.491. The standard InChI is InChI=1S/C7H2Cl6O/c8-1-2(9)6(11)4-3(14-4)5(1,10)7(6,12)13/h3-4H. The van der Waals surface area contributed by atoms with Crippen molar-refractivity contribution in [2.75, 3.05) is 0 Å². The molecule has 0 aromatic carbocycles. The summed E-state index contributed by atoms with van der Waals surface area (Å²) in [5.41, 5.74) is 0. The molecule has 1 aliphatic heterocycles. The molecule has 0 aromatic heterocycles. The van der Waals surface area contributed by atoms with E-state index in [0.717, 1.165) is 0 Å². The predicted octanol–water partition coefficient (Wildman–Crippen LogP) is 3.60. The van der Waals surface area contributed by atoms with Gasteiger partial charge in [-0.05, 0) is 0 Å². The molecular formula is C7H2Cl6O. The maximum atomic E-state index is 6.27. The number of ether oxygens (including phenoxy) is 1. The Morgan fingerprint density at radius 3 is 1.50 bits per heavy atom. The van der Waals surface area contributed by atoms with Crippen LogP contribution < -0.4 is 0 Å². The third-order valence-electron chi connectivity index (χ3n) is 3.02. The summed E-state index contributed by atoms with van der Waals surface area (Å²) in [4.78, 5) is -2.41. The molecule has 0 N–H and O–H groups in total. The molecule has 4 unspecified atom stereocenters. The first kappa shape index (κ1) is 10.6. The average molecular weight is 315 g/mol. The molecule has 0 spiro atoms. The van der Waals surface area contributed by atoms with Gasteiger partial charge in [-0.25, -0.2) is 0 Å². The van der Waals surface area contributed by atoms with Crippen LogP contribution in [0.5, 0.6) is 0 Å². The molecule has 1 saturated heterocycles. The first-order valence-corrected chi connectivity index (χ1v) is 6.03. The minimum atomic E-state index is -1.43. The van der Waals surface area contributed by atoms with Gasteiger partial charge in [-0.15, -0.1) is 23.2 Å². The zero-order chi connectivity index (χ0) is 10.5. The first-order valence-electron chi connectivity index (χ1n) is 3.77.